The fraction of sp³-hybridized carbons (Fsp3) is 0.364. The minimum absolute atomic E-state index is 0.113. The number of phenolic OH excluding ortho intramolecular Hbond substituents is 1. The van der Waals surface area contributed by atoms with Gasteiger partial charge in [-0.2, -0.15) is 0 Å². The van der Waals surface area contributed by atoms with Crippen LogP contribution in [0.4, 0.5) is 5.69 Å². The standard InChI is InChI=1S/C11H14Cl2N2O2/c1-14-4-2-3-10(16)15-7-5-8(12)11(17)9(13)6-7/h5-6,14,17H,2-4H2,1H3,(H,15,16). The maximum Gasteiger partial charge on any atom is 0.224 e. The summed E-state index contributed by atoms with van der Waals surface area (Å²) in [5.74, 6) is -0.292. The van der Waals surface area contributed by atoms with Gasteiger partial charge in [-0.1, -0.05) is 23.2 Å². The van der Waals surface area contributed by atoms with Crippen molar-refractivity contribution in [3.05, 3.63) is 22.2 Å². The monoisotopic (exact) mass is 276 g/mol. The number of anilines is 1. The molecule has 1 amide bonds. The maximum atomic E-state index is 11.5. The van der Waals surface area contributed by atoms with Crippen molar-refractivity contribution in [1.82, 2.24) is 5.32 Å². The van der Waals surface area contributed by atoms with Gasteiger partial charge in [0.2, 0.25) is 5.91 Å². The number of carbonyl (C=O) groups excluding carboxylic acids is 1. The molecule has 0 saturated carbocycles. The molecular weight excluding hydrogens is 263 g/mol. The number of amides is 1. The third kappa shape index (κ3) is 4.42. The molecule has 0 radical (unpaired) electrons. The Kier molecular flexibility index (Phi) is 5.55. The number of nitrogens with one attached hydrogen (secondary N) is 2. The molecule has 0 aliphatic heterocycles. The maximum absolute atomic E-state index is 11.5. The fourth-order valence-electron chi connectivity index (χ4n) is 1.29. The summed E-state index contributed by atoms with van der Waals surface area (Å²) in [4.78, 5) is 11.5. The van der Waals surface area contributed by atoms with Crippen LogP contribution in [0.1, 0.15) is 12.8 Å². The molecule has 6 heteroatoms. The third-order valence-corrected chi connectivity index (χ3v) is 2.71. The molecule has 1 aromatic rings. The van der Waals surface area contributed by atoms with E-state index in [4.69, 9.17) is 23.2 Å². The molecule has 0 aliphatic rings. The Morgan fingerprint density at radius 1 is 1.35 bits per heavy atom. The van der Waals surface area contributed by atoms with E-state index in [0.717, 1.165) is 13.0 Å². The summed E-state index contributed by atoms with van der Waals surface area (Å²) in [6, 6.07) is 2.91. The van der Waals surface area contributed by atoms with E-state index in [1.807, 2.05) is 7.05 Å². The van der Waals surface area contributed by atoms with Gasteiger partial charge in [-0.25, -0.2) is 0 Å². The van der Waals surface area contributed by atoms with E-state index in [1.54, 1.807) is 0 Å². The van der Waals surface area contributed by atoms with E-state index >= 15 is 0 Å². The Morgan fingerprint density at radius 2 is 1.94 bits per heavy atom. The second kappa shape index (κ2) is 6.69. The number of halogens is 2. The Morgan fingerprint density at radius 3 is 2.47 bits per heavy atom. The molecule has 0 spiro atoms. The van der Waals surface area contributed by atoms with Crippen LogP contribution in [0.15, 0.2) is 12.1 Å². The van der Waals surface area contributed by atoms with E-state index in [-0.39, 0.29) is 21.7 Å². The highest BCUT2D eigenvalue weighted by atomic mass is 35.5. The summed E-state index contributed by atoms with van der Waals surface area (Å²) >= 11 is 11.5. The van der Waals surface area contributed by atoms with E-state index in [0.29, 0.717) is 12.1 Å². The number of phenols is 1. The lowest BCUT2D eigenvalue weighted by Crippen LogP contribution is -2.15. The van der Waals surface area contributed by atoms with E-state index < -0.39 is 0 Å². The summed E-state index contributed by atoms with van der Waals surface area (Å²) in [6.45, 7) is 0.782. The largest absolute Gasteiger partial charge is 0.505 e. The third-order valence-electron chi connectivity index (χ3n) is 2.13. The lowest BCUT2D eigenvalue weighted by Gasteiger charge is -2.07. The van der Waals surface area contributed by atoms with Gasteiger partial charge in [-0.05, 0) is 32.1 Å². The zero-order valence-corrected chi connectivity index (χ0v) is 10.9. The van der Waals surface area contributed by atoms with Crippen molar-refractivity contribution in [2.45, 2.75) is 12.8 Å². The van der Waals surface area contributed by atoms with Gasteiger partial charge in [0.05, 0.1) is 10.0 Å². The Bertz CT molecular complexity index is 387. The molecule has 0 unspecified atom stereocenters. The Labute approximate surface area is 110 Å². The predicted molar refractivity (Wildman–Crippen MR) is 69.9 cm³/mol. The number of aromatic hydroxyl groups is 1. The van der Waals surface area contributed by atoms with Crippen LogP contribution in [-0.4, -0.2) is 24.6 Å². The zero-order chi connectivity index (χ0) is 12.8. The molecule has 0 bridgehead atoms. The van der Waals surface area contributed by atoms with Crippen LogP contribution in [0.2, 0.25) is 10.0 Å². The predicted octanol–water partition coefficient (Wildman–Crippen LogP) is 2.64. The van der Waals surface area contributed by atoms with Crippen molar-refractivity contribution in [3.8, 4) is 5.75 Å². The molecule has 0 saturated heterocycles. The van der Waals surface area contributed by atoms with Gasteiger partial charge in [-0.15, -0.1) is 0 Å². The molecule has 1 rings (SSSR count). The molecule has 4 nitrogen and oxygen atoms in total. The molecule has 17 heavy (non-hydrogen) atoms. The van der Waals surface area contributed by atoms with Crippen LogP contribution in [0, 0.1) is 0 Å². The van der Waals surface area contributed by atoms with Crippen LogP contribution < -0.4 is 10.6 Å². The number of carbonyl (C=O) groups is 1. The number of rotatable bonds is 5. The second-order valence-electron chi connectivity index (χ2n) is 3.54. The average Bonchev–Trinajstić information content (AvgIpc) is 2.26. The lowest BCUT2D eigenvalue weighted by atomic mass is 10.2. The highest BCUT2D eigenvalue weighted by Gasteiger charge is 2.08. The molecule has 0 fully saturated rings. The number of benzene rings is 1. The smallest absolute Gasteiger partial charge is 0.224 e. The van der Waals surface area contributed by atoms with E-state index in [1.165, 1.54) is 12.1 Å². The fourth-order valence-corrected chi connectivity index (χ4v) is 1.77. The molecule has 0 aliphatic carbocycles. The first-order valence-electron chi connectivity index (χ1n) is 5.17. The van der Waals surface area contributed by atoms with Crippen LogP contribution in [-0.2, 0) is 4.79 Å². The van der Waals surface area contributed by atoms with Gasteiger partial charge in [-0.3, -0.25) is 4.79 Å². The summed E-state index contributed by atoms with van der Waals surface area (Å²) < 4.78 is 0. The highest BCUT2D eigenvalue weighted by Crippen LogP contribution is 2.34. The quantitative estimate of drug-likeness (QED) is 0.572. The minimum atomic E-state index is -0.179. The van der Waals surface area contributed by atoms with Crippen LogP contribution in [0.3, 0.4) is 0 Å². The number of hydrogen-bond donors (Lipinski definition) is 3. The topological polar surface area (TPSA) is 61.4 Å². The molecule has 3 N–H and O–H groups in total. The molecule has 1 aromatic carbocycles. The van der Waals surface area contributed by atoms with Crippen molar-refractivity contribution < 1.29 is 9.90 Å². The van der Waals surface area contributed by atoms with Crippen molar-refractivity contribution in [1.29, 1.82) is 0 Å². The van der Waals surface area contributed by atoms with Gasteiger partial charge >= 0.3 is 0 Å². The SMILES string of the molecule is CNCCCC(=O)Nc1cc(Cl)c(O)c(Cl)c1. The lowest BCUT2D eigenvalue weighted by molar-refractivity contribution is -0.116. The molecule has 0 atom stereocenters. The van der Waals surface area contributed by atoms with Gasteiger partial charge in [0, 0.05) is 12.1 Å². The average molecular weight is 277 g/mol. The summed E-state index contributed by atoms with van der Waals surface area (Å²) in [7, 11) is 1.83. The van der Waals surface area contributed by atoms with Crippen LogP contribution in [0.5, 0.6) is 5.75 Å². The normalized spacial score (nSPS) is 10.3. The number of hydrogen-bond acceptors (Lipinski definition) is 3. The Balaban J connectivity index is 2.60. The van der Waals surface area contributed by atoms with Crippen molar-refractivity contribution in [2.24, 2.45) is 0 Å². The molecule has 0 heterocycles. The summed E-state index contributed by atoms with van der Waals surface area (Å²) in [6.07, 6.45) is 1.17. The minimum Gasteiger partial charge on any atom is -0.505 e. The molecule has 94 valence electrons. The second-order valence-corrected chi connectivity index (χ2v) is 4.36. The van der Waals surface area contributed by atoms with E-state index in [2.05, 4.69) is 10.6 Å². The van der Waals surface area contributed by atoms with Crippen molar-refractivity contribution >= 4 is 34.8 Å². The van der Waals surface area contributed by atoms with Gasteiger partial charge in [0.25, 0.3) is 0 Å². The van der Waals surface area contributed by atoms with E-state index in [9.17, 15) is 9.90 Å². The zero-order valence-electron chi connectivity index (χ0n) is 9.39. The summed E-state index contributed by atoms with van der Waals surface area (Å²) in [5, 5.41) is 15.2. The molecular formula is C11H14Cl2N2O2. The summed E-state index contributed by atoms with van der Waals surface area (Å²) in [5.41, 5.74) is 0.479. The highest BCUT2D eigenvalue weighted by molar-refractivity contribution is 6.37. The first-order chi connectivity index (χ1) is 8.04. The van der Waals surface area contributed by atoms with Gasteiger partial charge in [0.15, 0.2) is 5.75 Å². The van der Waals surface area contributed by atoms with Crippen molar-refractivity contribution in [3.63, 3.8) is 0 Å². The van der Waals surface area contributed by atoms with Gasteiger partial charge < -0.3 is 15.7 Å². The first kappa shape index (κ1) is 14.1. The first-order valence-corrected chi connectivity index (χ1v) is 5.92. The molecule has 0 aromatic heterocycles. The van der Waals surface area contributed by atoms with Crippen molar-refractivity contribution in [2.75, 3.05) is 18.9 Å². The Hall–Kier alpha value is -0.970. The van der Waals surface area contributed by atoms with Crippen LogP contribution >= 0.6 is 23.2 Å². The van der Waals surface area contributed by atoms with Gasteiger partial charge in [0.1, 0.15) is 0 Å². The van der Waals surface area contributed by atoms with Crippen LogP contribution in [0.25, 0.3) is 0 Å².